The van der Waals surface area contributed by atoms with Crippen LogP contribution in [-0.4, -0.2) is 12.4 Å². The summed E-state index contributed by atoms with van der Waals surface area (Å²) in [5.41, 5.74) is 0.786. The highest BCUT2D eigenvalue weighted by Crippen LogP contribution is 2.25. The van der Waals surface area contributed by atoms with Gasteiger partial charge in [-0.2, -0.15) is 0 Å². The van der Waals surface area contributed by atoms with Crippen LogP contribution in [0.5, 0.6) is 5.75 Å². The van der Waals surface area contributed by atoms with E-state index in [0.29, 0.717) is 17.7 Å². The van der Waals surface area contributed by atoms with Crippen LogP contribution in [-0.2, 0) is 0 Å². The van der Waals surface area contributed by atoms with E-state index in [4.69, 9.17) is 4.74 Å². The number of hydrogen-bond acceptors (Lipinski definition) is 2. The second-order valence-electron chi connectivity index (χ2n) is 3.06. The first-order valence-corrected chi connectivity index (χ1v) is 4.50. The molecule has 0 aliphatic heterocycles. The van der Waals surface area contributed by atoms with E-state index in [1.54, 1.807) is 26.0 Å². The molecule has 1 aromatic rings. The zero-order chi connectivity index (χ0) is 10.7. The molecule has 1 rings (SSSR count). The molecule has 3 heteroatoms. The van der Waals surface area contributed by atoms with Gasteiger partial charge in [-0.1, -0.05) is 6.07 Å². The summed E-state index contributed by atoms with van der Waals surface area (Å²) in [5.74, 6) is -0.563. The molecule has 0 atom stereocenters. The highest BCUT2D eigenvalue weighted by molar-refractivity contribution is 5.97. The number of halogens is 1. The van der Waals surface area contributed by atoms with Gasteiger partial charge in [0.05, 0.1) is 12.2 Å². The fourth-order valence-electron chi connectivity index (χ4n) is 1.22. The van der Waals surface area contributed by atoms with Gasteiger partial charge in [0.25, 0.3) is 0 Å². The molecule has 76 valence electrons. The molecule has 14 heavy (non-hydrogen) atoms. The Balaban J connectivity index is 3.29. The fourth-order valence-corrected chi connectivity index (χ4v) is 1.22. The molecule has 0 heterocycles. The lowest BCUT2D eigenvalue weighted by Gasteiger charge is -2.10. The molecule has 0 unspecified atom stereocenters. The molecule has 0 radical (unpaired) electrons. The van der Waals surface area contributed by atoms with Crippen LogP contribution >= 0.6 is 0 Å². The molecule has 0 saturated heterocycles. The van der Waals surface area contributed by atoms with Crippen LogP contribution in [0.25, 0.3) is 0 Å². The van der Waals surface area contributed by atoms with Gasteiger partial charge in [0.2, 0.25) is 0 Å². The fraction of sp³-hybridized carbons (Fsp3) is 0.364. The number of benzene rings is 1. The number of carbonyl (C=O) groups excluding carboxylic acids is 1. The zero-order valence-corrected chi connectivity index (χ0v) is 8.56. The molecule has 1 aromatic carbocycles. The number of carbonyl (C=O) groups is 1. The monoisotopic (exact) mass is 196 g/mol. The second kappa shape index (κ2) is 4.22. The summed E-state index contributed by atoms with van der Waals surface area (Å²) < 4.78 is 18.6. The van der Waals surface area contributed by atoms with E-state index in [-0.39, 0.29) is 11.5 Å². The van der Waals surface area contributed by atoms with Crippen molar-refractivity contribution in [3.05, 3.63) is 29.1 Å². The SMILES string of the molecule is CCOc1c(C(C)=O)ccc(C)c1F. The summed E-state index contributed by atoms with van der Waals surface area (Å²) in [6.07, 6.45) is 0. The standard InChI is InChI=1S/C11H13FO2/c1-4-14-11-9(8(3)13)6-5-7(2)10(11)12/h5-6H,4H2,1-3H3. The number of aryl methyl sites for hydroxylation is 1. The topological polar surface area (TPSA) is 26.3 Å². The molecule has 0 spiro atoms. The van der Waals surface area contributed by atoms with Crippen LogP contribution in [0.15, 0.2) is 12.1 Å². The third-order valence-corrected chi connectivity index (χ3v) is 1.96. The molecular weight excluding hydrogens is 183 g/mol. The smallest absolute Gasteiger partial charge is 0.168 e. The van der Waals surface area contributed by atoms with Crippen LogP contribution in [0.3, 0.4) is 0 Å². The quantitative estimate of drug-likeness (QED) is 0.695. The van der Waals surface area contributed by atoms with Gasteiger partial charge in [-0.25, -0.2) is 4.39 Å². The maximum atomic E-state index is 13.5. The lowest BCUT2D eigenvalue weighted by molar-refractivity contribution is 0.101. The summed E-state index contributed by atoms with van der Waals surface area (Å²) >= 11 is 0. The van der Waals surface area contributed by atoms with Gasteiger partial charge in [-0.05, 0) is 32.4 Å². The molecule has 0 fully saturated rings. The minimum atomic E-state index is -0.445. The van der Waals surface area contributed by atoms with Gasteiger partial charge in [-0.3, -0.25) is 4.79 Å². The number of Topliss-reactive ketones (excluding diaryl/α,β-unsaturated/α-hetero) is 1. The number of rotatable bonds is 3. The van der Waals surface area contributed by atoms with Crippen molar-refractivity contribution in [3.8, 4) is 5.75 Å². The van der Waals surface area contributed by atoms with Crippen LogP contribution in [0.2, 0.25) is 0 Å². The van der Waals surface area contributed by atoms with Gasteiger partial charge in [-0.15, -0.1) is 0 Å². The van der Waals surface area contributed by atoms with Crippen molar-refractivity contribution >= 4 is 5.78 Å². The predicted octanol–water partition coefficient (Wildman–Crippen LogP) is 2.74. The molecule has 0 bridgehead atoms. The van der Waals surface area contributed by atoms with E-state index in [9.17, 15) is 9.18 Å². The van der Waals surface area contributed by atoms with Crippen molar-refractivity contribution in [2.75, 3.05) is 6.61 Å². The molecule has 0 saturated carbocycles. The summed E-state index contributed by atoms with van der Waals surface area (Å²) in [6, 6.07) is 3.17. The number of ether oxygens (including phenoxy) is 1. The van der Waals surface area contributed by atoms with Crippen LogP contribution in [0.4, 0.5) is 4.39 Å². The maximum absolute atomic E-state index is 13.5. The van der Waals surface area contributed by atoms with Crippen LogP contribution in [0, 0.1) is 12.7 Å². The normalized spacial score (nSPS) is 10.0. The third-order valence-electron chi connectivity index (χ3n) is 1.96. The molecule has 0 aromatic heterocycles. The zero-order valence-electron chi connectivity index (χ0n) is 8.56. The third kappa shape index (κ3) is 1.92. The van der Waals surface area contributed by atoms with Crippen molar-refractivity contribution in [2.45, 2.75) is 20.8 Å². The van der Waals surface area contributed by atoms with E-state index in [1.807, 2.05) is 0 Å². The van der Waals surface area contributed by atoms with Gasteiger partial charge >= 0.3 is 0 Å². The Kier molecular flexibility index (Phi) is 3.23. The highest BCUT2D eigenvalue weighted by Gasteiger charge is 2.14. The van der Waals surface area contributed by atoms with Crippen molar-refractivity contribution in [1.82, 2.24) is 0 Å². The van der Waals surface area contributed by atoms with Crippen molar-refractivity contribution in [3.63, 3.8) is 0 Å². The summed E-state index contributed by atoms with van der Waals surface area (Å²) in [6.45, 7) is 5.14. The molecule has 0 aliphatic rings. The Hall–Kier alpha value is -1.38. The molecule has 2 nitrogen and oxygen atoms in total. The van der Waals surface area contributed by atoms with Crippen molar-refractivity contribution < 1.29 is 13.9 Å². The van der Waals surface area contributed by atoms with E-state index >= 15 is 0 Å². The first-order chi connectivity index (χ1) is 6.57. The van der Waals surface area contributed by atoms with E-state index in [1.165, 1.54) is 6.92 Å². The minimum absolute atomic E-state index is 0.0694. The molecule has 0 amide bonds. The lowest BCUT2D eigenvalue weighted by atomic mass is 10.1. The van der Waals surface area contributed by atoms with E-state index in [0.717, 1.165) is 0 Å². The Morgan fingerprint density at radius 1 is 1.50 bits per heavy atom. The number of hydrogen-bond donors (Lipinski definition) is 0. The summed E-state index contributed by atoms with van der Waals surface area (Å²) in [5, 5.41) is 0. The summed E-state index contributed by atoms with van der Waals surface area (Å²) in [4.78, 5) is 11.2. The number of ketones is 1. The summed E-state index contributed by atoms with van der Waals surface area (Å²) in [7, 11) is 0. The maximum Gasteiger partial charge on any atom is 0.168 e. The first-order valence-electron chi connectivity index (χ1n) is 4.50. The van der Waals surface area contributed by atoms with E-state index in [2.05, 4.69) is 0 Å². The predicted molar refractivity (Wildman–Crippen MR) is 52.3 cm³/mol. The Bertz CT molecular complexity index is 359. The Morgan fingerprint density at radius 3 is 2.64 bits per heavy atom. The minimum Gasteiger partial charge on any atom is -0.490 e. The highest BCUT2D eigenvalue weighted by atomic mass is 19.1. The molecule has 0 aliphatic carbocycles. The van der Waals surface area contributed by atoms with Crippen molar-refractivity contribution in [1.29, 1.82) is 0 Å². The lowest BCUT2D eigenvalue weighted by Crippen LogP contribution is -2.04. The van der Waals surface area contributed by atoms with Gasteiger partial charge in [0, 0.05) is 0 Å². The molecule has 0 N–H and O–H groups in total. The van der Waals surface area contributed by atoms with Gasteiger partial charge in [0.1, 0.15) is 0 Å². The van der Waals surface area contributed by atoms with Gasteiger partial charge in [0.15, 0.2) is 17.3 Å². The largest absolute Gasteiger partial charge is 0.490 e. The Morgan fingerprint density at radius 2 is 2.14 bits per heavy atom. The first kappa shape index (κ1) is 10.7. The van der Waals surface area contributed by atoms with Crippen LogP contribution < -0.4 is 4.74 Å². The Labute approximate surface area is 82.7 Å². The van der Waals surface area contributed by atoms with E-state index < -0.39 is 5.82 Å². The van der Waals surface area contributed by atoms with Crippen LogP contribution in [0.1, 0.15) is 29.8 Å². The average Bonchev–Trinajstić information content (AvgIpc) is 2.13. The van der Waals surface area contributed by atoms with Crippen molar-refractivity contribution in [2.24, 2.45) is 0 Å². The van der Waals surface area contributed by atoms with Gasteiger partial charge < -0.3 is 4.74 Å². The average molecular weight is 196 g/mol. The molecular formula is C11H13FO2. The second-order valence-corrected chi connectivity index (χ2v) is 3.06.